The first-order chi connectivity index (χ1) is 13.6. The minimum Gasteiger partial charge on any atom is -0.459 e. The lowest BCUT2D eigenvalue weighted by atomic mass is 10.1. The predicted molar refractivity (Wildman–Crippen MR) is 108 cm³/mol. The monoisotopic (exact) mass is 393 g/mol. The van der Waals surface area contributed by atoms with Crippen LogP contribution in [0.5, 0.6) is 0 Å². The van der Waals surface area contributed by atoms with E-state index in [9.17, 15) is 5.11 Å². The van der Waals surface area contributed by atoms with E-state index >= 15 is 0 Å². The number of nitrogens with one attached hydrogen (secondary N) is 2. The number of hydrogen-bond donors (Lipinski definition) is 3. The number of H-pyrrole nitrogens is 1. The van der Waals surface area contributed by atoms with Crippen LogP contribution in [0.25, 0.3) is 22.7 Å². The number of rotatable bonds is 6. The zero-order valence-electron chi connectivity index (χ0n) is 15.2. The van der Waals surface area contributed by atoms with Gasteiger partial charge in [-0.05, 0) is 49.0 Å². The van der Waals surface area contributed by atoms with Crippen LogP contribution in [0.1, 0.15) is 24.4 Å². The number of aromatic amines is 1. The van der Waals surface area contributed by atoms with Gasteiger partial charge in [-0.2, -0.15) is 5.10 Å². The molecule has 0 amide bonds. The van der Waals surface area contributed by atoms with Crippen molar-refractivity contribution in [1.82, 2.24) is 19.9 Å². The minimum atomic E-state index is -0.487. The Balaban J connectivity index is 1.50. The van der Waals surface area contributed by atoms with E-state index in [1.54, 1.807) is 24.0 Å². The van der Waals surface area contributed by atoms with E-state index in [4.69, 9.17) is 16.6 Å². The number of hydrogen-bond acceptors (Lipinski definition) is 6. The average molecular weight is 393 g/mol. The van der Waals surface area contributed by atoms with Gasteiger partial charge in [-0.1, -0.05) is 24.3 Å². The standard InChI is InChI=1S/C20H19N5O2S/c1-13(26)14-2-4-15(5-3-14)18-7-6-17(27-18)12-22-25-19(23-24-20(25)28)16-8-10-21-11-9-16/h2-11,13,22,26H,12H2,1H3,(H,24,28). The Morgan fingerprint density at radius 3 is 2.57 bits per heavy atom. The number of aliphatic hydroxyl groups excluding tert-OH is 1. The predicted octanol–water partition coefficient (Wildman–Crippen LogP) is 4.06. The first-order valence-electron chi connectivity index (χ1n) is 8.80. The number of furan rings is 1. The van der Waals surface area contributed by atoms with Crippen molar-refractivity contribution in [2.24, 2.45) is 0 Å². The second kappa shape index (κ2) is 7.79. The van der Waals surface area contributed by atoms with Gasteiger partial charge in [0.25, 0.3) is 0 Å². The van der Waals surface area contributed by atoms with E-state index in [2.05, 4.69) is 20.6 Å². The summed E-state index contributed by atoms with van der Waals surface area (Å²) in [5, 5.41) is 16.7. The van der Waals surface area contributed by atoms with Crippen LogP contribution < -0.4 is 5.43 Å². The topological polar surface area (TPSA) is 91.9 Å². The van der Waals surface area contributed by atoms with E-state index in [-0.39, 0.29) is 0 Å². The van der Waals surface area contributed by atoms with Crippen LogP contribution >= 0.6 is 12.2 Å². The van der Waals surface area contributed by atoms with Crippen molar-refractivity contribution < 1.29 is 9.52 Å². The summed E-state index contributed by atoms with van der Waals surface area (Å²) in [4.78, 5) is 4.02. The molecule has 3 aromatic heterocycles. The zero-order valence-corrected chi connectivity index (χ0v) is 16.0. The summed E-state index contributed by atoms with van der Waals surface area (Å²) in [5.41, 5.74) is 5.96. The molecule has 0 saturated carbocycles. The molecule has 4 aromatic rings. The number of aromatic nitrogens is 4. The molecule has 0 bridgehead atoms. The lowest BCUT2D eigenvalue weighted by molar-refractivity contribution is 0.199. The maximum absolute atomic E-state index is 9.62. The first-order valence-corrected chi connectivity index (χ1v) is 9.21. The van der Waals surface area contributed by atoms with Crippen molar-refractivity contribution in [3.63, 3.8) is 0 Å². The Morgan fingerprint density at radius 2 is 1.86 bits per heavy atom. The van der Waals surface area contributed by atoms with Crippen molar-refractivity contribution in [2.75, 3.05) is 5.43 Å². The second-order valence-electron chi connectivity index (χ2n) is 6.32. The van der Waals surface area contributed by atoms with Gasteiger partial charge in [0, 0.05) is 23.5 Å². The lowest BCUT2D eigenvalue weighted by Gasteiger charge is -2.08. The fourth-order valence-corrected chi connectivity index (χ4v) is 3.05. The van der Waals surface area contributed by atoms with Crippen molar-refractivity contribution in [3.05, 3.63) is 77.0 Å². The van der Waals surface area contributed by atoms with Crippen LogP contribution in [-0.2, 0) is 6.54 Å². The smallest absolute Gasteiger partial charge is 0.214 e. The first kappa shape index (κ1) is 18.1. The molecule has 1 unspecified atom stereocenters. The minimum absolute atomic E-state index is 0.442. The number of nitrogens with zero attached hydrogens (tertiary/aromatic N) is 3. The van der Waals surface area contributed by atoms with Gasteiger partial charge < -0.3 is 14.9 Å². The highest BCUT2D eigenvalue weighted by atomic mass is 32.1. The third kappa shape index (κ3) is 3.73. The SMILES string of the molecule is CC(O)c1ccc(-c2ccc(CNn3c(-c4ccncc4)n[nH]c3=S)o2)cc1. The zero-order chi connectivity index (χ0) is 19.5. The van der Waals surface area contributed by atoms with Gasteiger partial charge in [0.2, 0.25) is 4.77 Å². The van der Waals surface area contributed by atoms with Gasteiger partial charge in [-0.25, -0.2) is 9.77 Å². The van der Waals surface area contributed by atoms with E-state index in [1.807, 2.05) is 48.5 Å². The highest BCUT2D eigenvalue weighted by Crippen LogP contribution is 2.24. The second-order valence-corrected chi connectivity index (χ2v) is 6.71. The van der Waals surface area contributed by atoms with E-state index < -0.39 is 6.10 Å². The van der Waals surface area contributed by atoms with Crippen LogP contribution in [0.15, 0.2) is 65.3 Å². The quantitative estimate of drug-likeness (QED) is 0.428. The highest BCUT2D eigenvalue weighted by molar-refractivity contribution is 7.71. The average Bonchev–Trinajstić information content (AvgIpc) is 3.34. The van der Waals surface area contributed by atoms with Crippen molar-refractivity contribution in [3.8, 4) is 22.7 Å². The molecule has 1 aromatic carbocycles. The molecule has 0 saturated heterocycles. The molecule has 3 N–H and O–H groups in total. The molecule has 8 heteroatoms. The van der Waals surface area contributed by atoms with Crippen molar-refractivity contribution in [2.45, 2.75) is 19.6 Å². The molecule has 0 aliphatic heterocycles. The third-order valence-electron chi connectivity index (χ3n) is 4.36. The molecular weight excluding hydrogens is 374 g/mol. The van der Waals surface area contributed by atoms with Gasteiger partial charge in [0.15, 0.2) is 5.82 Å². The Kier molecular flexibility index (Phi) is 5.05. The maximum Gasteiger partial charge on any atom is 0.214 e. The van der Waals surface area contributed by atoms with Crippen LogP contribution in [0.2, 0.25) is 0 Å². The Morgan fingerprint density at radius 1 is 1.11 bits per heavy atom. The third-order valence-corrected chi connectivity index (χ3v) is 4.64. The molecule has 0 radical (unpaired) electrons. The Bertz CT molecular complexity index is 1110. The van der Waals surface area contributed by atoms with Crippen molar-refractivity contribution in [1.29, 1.82) is 0 Å². The Hall–Kier alpha value is -3.23. The summed E-state index contributed by atoms with van der Waals surface area (Å²) in [6.07, 6.45) is 2.93. The molecule has 7 nitrogen and oxygen atoms in total. The van der Waals surface area contributed by atoms with Gasteiger partial charge in [0.05, 0.1) is 12.6 Å². The number of pyridine rings is 1. The summed E-state index contributed by atoms with van der Waals surface area (Å²) in [6, 6.07) is 15.2. The maximum atomic E-state index is 9.62. The fourth-order valence-electron chi connectivity index (χ4n) is 2.85. The van der Waals surface area contributed by atoms with Crippen LogP contribution in [0, 0.1) is 4.77 Å². The van der Waals surface area contributed by atoms with Gasteiger partial charge >= 0.3 is 0 Å². The van der Waals surface area contributed by atoms with Crippen LogP contribution in [0.3, 0.4) is 0 Å². The van der Waals surface area contributed by atoms with Crippen LogP contribution in [-0.4, -0.2) is 25.0 Å². The lowest BCUT2D eigenvalue weighted by Crippen LogP contribution is -2.15. The van der Waals surface area contributed by atoms with Gasteiger partial charge in [0.1, 0.15) is 11.5 Å². The van der Waals surface area contributed by atoms with E-state index in [1.165, 1.54) is 0 Å². The van der Waals surface area contributed by atoms with Crippen LogP contribution in [0.4, 0.5) is 0 Å². The summed E-state index contributed by atoms with van der Waals surface area (Å²) in [5.74, 6) is 2.20. The van der Waals surface area contributed by atoms with Gasteiger partial charge in [-0.3, -0.25) is 4.98 Å². The molecule has 4 rings (SSSR count). The number of aliphatic hydroxyl groups is 1. The fraction of sp³-hybridized carbons (Fsp3) is 0.150. The molecule has 28 heavy (non-hydrogen) atoms. The molecular formula is C20H19N5O2S. The molecule has 0 spiro atoms. The molecule has 142 valence electrons. The van der Waals surface area contributed by atoms with Crippen molar-refractivity contribution >= 4 is 12.2 Å². The molecule has 1 atom stereocenters. The molecule has 0 aliphatic carbocycles. The van der Waals surface area contributed by atoms with E-state index in [0.717, 1.165) is 28.2 Å². The van der Waals surface area contributed by atoms with E-state index in [0.29, 0.717) is 17.1 Å². The summed E-state index contributed by atoms with van der Waals surface area (Å²) in [7, 11) is 0. The molecule has 3 heterocycles. The summed E-state index contributed by atoms with van der Waals surface area (Å²) >= 11 is 5.32. The normalized spacial score (nSPS) is 12.1. The number of benzene rings is 1. The largest absolute Gasteiger partial charge is 0.459 e. The molecule has 0 fully saturated rings. The molecule has 0 aliphatic rings. The summed E-state index contributed by atoms with van der Waals surface area (Å²) < 4.78 is 8.12. The highest BCUT2D eigenvalue weighted by Gasteiger charge is 2.10. The van der Waals surface area contributed by atoms with Gasteiger partial charge in [-0.15, -0.1) is 0 Å². The Labute approximate surface area is 166 Å². The summed E-state index contributed by atoms with van der Waals surface area (Å²) in [6.45, 7) is 2.19.